The van der Waals surface area contributed by atoms with E-state index in [2.05, 4.69) is 15.6 Å². The van der Waals surface area contributed by atoms with Gasteiger partial charge in [0.1, 0.15) is 0 Å². The van der Waals surface area contributed by atoms with Gasteiger partial charge in [-0.1, -0.05) is 5.21 Å². The molecule has 0 bridgehead atoms. The maximum absolute atomic E-state index is 11.7. The van der Waals surface area contributed by atoms with Crippen molar-refractivity contribution < 1.29 is 13.2 Å². The van der Waals surface area contributed by atoms with Gasteiger partial charge < -0.3 is 5.32 Å². The molecular weight excluding hydrogens is 270 g/mol. The van der Waals surface area contributed by atoms with Crippen LogP contribution in [0, 0.1) is 0 Å². The molecule has 1 aliphatic rings. The van der Waals surface area contributed by atoms with Crippen LogP contribution in [0.1, 0.15) is 36.3 Å². The molecule has 1 aliphatic heterocycles. The molecule has 0 aromatic carbocycles. The number of nitrogens with one attached hydrogen (secondary N) is 2. The Morgan fingerprint density at radius 3 is 2.84 bits per heavy atom. The first-order valence-electron chi connectivity index (χ1n) is 6.19. The van der Waals surface area contributed by atoms with Crippen molar-refractivity contribution in [2.45, 2.75) is 25.8 Å². The van der Waals surface area contributed by atoms with E-state index in [0.717, 1.165) is 25.9 Å². The number of amides is 1. The zero-order chi connectivity index (χ0) is 13.9. The normalized spacial score (nSPS) is 17.3. The summed E-state index contributed by atoms with van der Waals surface area (Å²) in [5.74, 6) is -0.886. The highest BCUT2D eigenvalue weighted by Crippen LogP contribution is 2.16. The minimum absolute atomic E-state index is 0.0237. The smallest absolute Gasteiger partial charge is 0.286 e. The fourth-order valence-electron chi connectivity index (χ4n) is 1.90. The molecule has 9 heteroatoms. The third kappa shape index (κ3) is 3.51. The molecule has 8 nitrogen and oxygen atoms in total. The summed E-state index contributed by atoms with van der Waals surface area (Å²) in [6.45, 7) is 3.26. The lowest BCUT2D eigenvalue weighted by Gasteiger charge is -2.22. The number of nitrogens with zero attached hydrogens (tertiary/aromatic N) is 3. The third-order valence-electron chi connectivity index (χ3n) is 3.05. The van der Waals surface area contributed by atoms with Crippen molar-refractivity contribution in [1.29, 1.82) is 0 Å². The largest absolute Gasteiger partial charge is 0.317 e. The Morgan fingerprint density at radius 2 is 2.21 bits per heavy atom. The standard InChI is InChI=1S/C10H17N5O3S/c1-2-19(17,18)13-10(16)9-7-15(14-12-9)8-3-5-11-6-4-8/h7-8,11H,2-6H2,1H3,(H,13,16). The molecule has 0 saturated carbocycles. The fourth-order valence-corrected chi connectivity index (χ4v) is 2.43. The van der Waals surface area contributed by atoms with Crippen LogP contribution in [-0.2, 0) is 10.0 Å². The molecule has 2 rings (SSSR count). The van der Waals surface area contributed by atoms with Crippen LogP contribution in [0.4, 0.5) is 0 Å². The van der Waals surface area contributed by atoms with Gasteiger partial charge in [-0.05, 0) is 32.9 Å². The van der Waals surface area contributed by atoms with Gasteiger partial charge in [-0.25, -0.2) is 17.8 Å². The Kier molecular flexibility index (Phi) is 4.15. The van der Waals surface area contributed by atoms with E-state index >= 15 is 0 Å². The van der Waals surface area contributed by atoms with Gasteiger partial charge in [-0.15, -0.1) is 5.10 Å². The minimum atomic E-state index is -3.57. The fraction of sp³-hybridized carbons (Fsp3) is 0.700. The first-order chi connectivity index (χ1) is 9.02. The molecule has 1 aromatic rings. The Morgan fingerprint density at radius 1 is 1.53 bits per heavy atom. The van der Waals surface area contributed by atoms with E-state index in [-0.39, 0.29) is 17.5 Å². The van der Waals surface area contributed by atoms with Crippen LogP contribution in [0.25, 0.3) is 0 Å². The van der Waals surface area contributed by atoms with Crippen molar-refractivity contribution >= 4 is 15.9 Å². The number of piperidine rings is 1. The molecule has 1 amide bonds. The van der Waals surface area contributed by atoms with Gasteiger partial charge in [0.15, 0.2) is 5.69 Å². The lowest BCUT2D eigenvalue weighted by atomic mass is 10.1. The lowest BCUT2D eigenvalue weighted by Crippen LogP contribution is -2.32. The van der Waals surface area contributed by atoms with Gasteiger partial charge in [0.05, 0.1) is 18.0 Å². The molecule has 0 aliphatic carbocycles. The van der Waals surface area contributed by atoms with Gasteiger partial charge in [-0.2, -0.15) is 0 Å². The average Bonchev–Trinajstić information content (AvgIpc) is 2.89. The Hall–Kier alpha value is -1.48. The van der Waals surface area contributed by atoms with E-state index in [1.807, 2.05) is 4.72 Å². The second-order valence-corrected chi connectivity index (χ2v) is 6.41. The van der Waals surface area contributed by atoms with E-state index in [9.17, 15) is 13.2 Å². The molecule has 19 heavy (non-hydrogen) atoms. The van der Waals surface area contributed by atoms with E-state index in [0.29, 0.717) is 0 Å². The summed E-state index contributed by atoms with van der Waals surface area (Å²) in [7, 11) is -3.57. The molecule has 0 unspecified atom stereocenters. The van der Waals surface area contributed by atoms with Crippen LogP contribution in [0.3, 0.4) is 0 Å². The highest BCUT2D eigenvalue weighted by atomic mass is 32.2. The highest BCUT2D eigenvalue weighted by Gasteiger charge is 2.20. The van der Waals surface area contributed by atoms with Gasteiger partial charge in [0.2, 0.25) is 10.0 Å². The number of hydrogen-bond acceptors (Lipinski definition) is 6. The molecule has 2 heterocycles. The summed E-state index contributed by atoms with van der Waals surface area (Å²) in [5, 5.41) is 10.9. The van der Waals surface area contributed by atoms with Crippen molar-refractivity contribution in [3.8, 4) is 0 Å². The molecule has 0 spiro atoms. The quantitative estimate of drug-likeness (QED) is 0.757. The summed E-state index contributed by atoms with van der Waals surface area (Å²) < 4.78 is 26.2. The van der Waals surface area contributed by atoms with Crippen LogP contribution < -0.4 is 10.0 Å². The Bertz CT molecular complexity index is 547. The van der Waals surface area contributed by atoms with E-state index in [1.165, 1.54) is 13.1 Å². The molecule has 1 aromatic heterocycles. The number of sulfonamides is 1. The molecule has 1 saturated heterocycles. The molecule has 0 atom stereocenters. The van der Waals surface area contributed by atoms with Gasteiger partial charge >= 0.3 is 0 Å². The van der Waals surface area contributed by atoms with Gasteiger partial charge in [0.25, 0.3) is 5.91 Å². The van der Waals surface area contributed by atoms with E-state index in [4.69, 9.17) is 0 Å². The van der Waals surface area contributed by atoms with Crippen molar-refractivity contribution in [2.75, 3.05) is 18.8 Å². The minimum Gasteiger partial charge on any atom is -0.317 e. The average molecular weight is 287 g/mol. The molecule has 106 valence electrons. The number of rotatable bonds is 4. The predicted octanol–water partition coefficient (Wildman–Crippen LogP) is -0.718. The highest BCUT2D eigenvalue weighted by molar-refractivity contribution is 7.90. The summed E-state index contributed by atoms with van der Waals surface area (Å²) in [6.07, 6.45) is 3.33. The van der Waals surface area contributed by atoms with Crippen LogP contribution in [0.15, 0.2) is 6.20 Å². The van der Waals surface area contributed by atoms with Crippen molar-refractivity contribution in [3.05, 3.63) is 11.9 Å². The molecular formula is C10H17N5O3S. The van der Waals surface area contributed by atoms with Crippen LogP contribution in [-0.4, -0.2) is 48.2 Å². The van der Waals surface area contributed by atoms with Crippen molar-refractivity contribution in [2.24, 2.45) is 0 Å². The molecule has 1 fully saturated rings. The van der Waals surface area contributed by atoms with Crippen LogP contribution >= 0.6 is 0 Å². The van der Waals surface area contributed by atoms with E-state index in [1.54, 1.807) is 4.68 Å². The van der Waals surface area contributed by atoms with Gasteiger partial charge in [-0.3, -0.25) is 4.79 Å². The third-order valence-corrected chi connectivity index (χ3v) is 4.31. The van der Waals surface area contributed by atoms with E-state index < -0.39 is 15.9 Å². The monoisotopic (exact) mass is 287 g/mol. The Labute approximate surface area is 111 Å². The molecule has 0 radical (unpaired) electrons. The number of hydrogen-bond donors (Lipinski definition) is 2. The summed E-state index contributed by atoms with van der Waals surface area (Å²) in [6, 6.07) is 0.207. The summed E-state index contributed by atoms with van der Waals surface area (Å²) in [5.41, 5.74) is 0.0237. The number of carbonyl (C=O) groups is 1. The van der Waals surface area contributed by atoms with Crippen molar-refractivity contribution in [3.63, 3.8) is 0 Å². The first-order valence-corrected chi connectivity index (χ1v) is 7.84. The summed E-state index contributed by atoms with van der Waals surface area (Å²) >= 11 is 0. The maximum atomic E-state index is 11.7. The maximum Gasteiger partial charge on any atom is 0.286 e. The number of aromatic nitrogens is 3. The zero-order valence-corrected chi connectivity index (χ0v) is 11.5. The zero-order valence-electron chi connectivity index (χ0n) is 10.7. The topological polar surface area (TPSA) is 106 Å². The second-order valence-electron chi connectivity index (χ2n) is 4.40. The second kappa shape index (κ2) is 5.66. The predicted molar refractivity (Wildman–Crippen MR) is 68.1 cm³/mol. The Balaban J connectivity index is 2.06. The molecule has 2 N–H and O–H groups in total. The first kappa shape index (κ1) is 13.9. The SMILES string of the molecule is CCS(=O)(=O)NC(=O)c1cn(C2CCNCC2)nn1. The van der Waals surface area contributed by atoms with Crippen LogP contribution in [0.2, 0.25) is 0 Å². The van der Waals surface area contributed by atoms with Crippen LogP contribution in [0.5, 0.6) is 0 Å². The van der Waals surface area contributed by atoms with Gasteiger partial charge in [0, 0.05) is 0 Å². The van der Waals surface area contributed by atoms with Crippen molar-refractivity contribution in [1.82, 2.24) is 25.0 Å². The summed E-state index contributed by atoms with van der Waals surface area (Å²) in [4.78, 5) is 11.7. The lowest BCUT2D eigenvalue weighted by molar-refractivity contribution is 0.0976. The number of carbonyl (C=O) groups excluding carboxylic acids is 1.